The van der Waals surface area contributed by atoms with Crippen molar-refractivity contribution in [2.75, 3.05) is 6.54 Å². The molecule has 3 rings (SSSR count). The van der Waals surface area contributed by atoms with E-state index in [-0.39, 0.29) is 42.1 Å². The van der Waals surface area contributed by atoms with E-state index in [0.29, 0.717) is 18.9 Å². The van der Waals surface area contributed by atoms with Gasteiger partial charge in [-0.1, -0.05) is 0 Å². The van der Waals surface area contributed by atoms with Gasteiger partial charge in [-0.15, -0.1) is 0 Å². The number of rotatable bonds is 5. The van der Waals surface area contributed by atoms with Crippen molar-refractivity contribution in [3.63, 3.8) is 0 Å². The lowest BCUT2D eigenvalue weighted by Gasteiger charge is -2.39. The summed E-state index contributed by atoms with van der Waals surface area (Å²) in [5.74, 6) is -4.73. The summed E-state index contributed by atoms with van der Waals surface area (Å²) in [6.07, 6.45) is 1.98. The van der Waals surface area contributed by atoms with E-state index in [1.54, 1.807) is 4.90 Å². The molecule has 0 aromatic heterocycles. The molecule has 1 aromatic carbocycles. The number of benzene rings is 1. The second-order valence-electron chi connectivity index (χ2n) is 7.10. The molecular formula is C18H22F3N3O2. The van der Waals surface area contributed by atoms with Crippen molar-refractivity contribution in [1.29, 1.82) is 0 Å². The number of fused-ring (bicyclic) bond motifs is 2. The van der Waals surface area contributed by atoms with Crippen molar-refractivity contribution >= 4 is 11.8 Å². The molecule has 4 N–H and O–H groups in total. The molecule has 142 valence electrons. The van der Waals surface area contributed by atoms with Crippen LogP contribution in [0.5, 0.6) is 0 Å². The Morgan fingerprint density at radius 2 is 1.73 bits per heavy atom. The fraction of sp³-hybridized carbons (Fsp3) is 0.556. The van der Waals surface area contributed by atoms with E-state index in [1.165, 1.54) is 0 Å². The molecule has 0 aliphatic carbocycles. The van der Waals surface area contributed by atoms with Gasteiger partial charge in [-0.3, -0.25) is 9.59 Å². The van der Waals surface area contributed by atoms with Crippen molar-refractivity contribution in [2.24, 2.45) is 11.5 Å². The number of amides is 2. The Hall–Kier alpha value is -2.09. The standard InChI is InChI=1S/C18H22F3N3O2/c19-13-7-10(8-14(23)25)17(20)16(18(13)21)9-5-11-1-2-12(6-9)24(11)15(26)3-4-22/h7,9,11-12H,1-6,8,22H2,(H2,23,25)/t9?,11-,12?/m1/s1. The Labute approximate surface area is 149 Å². The minimum atomic E-state index is -1.22. The van der Waals surface area contributed by atoms with E-state index < -0.39 is 35.7 Å². The molecule has 26 heavy (non-hydrogen) atoms. The molecule has 2 saturated heterocycles. The van der Waals surface area contributed by atoms with Gasteiger partial charge in [-0.25, -0.2) is 13.2 Å². The Bertz CT molecular complexity index is 727. The first kappa shape index (κ1) is 18.7. The first-order valence-electron chi connectivity index (χ1n) is 8.79. The van der Waals surface area contributed by atoms with Gasteiger partial charge in [-0.05, 0) is 37.7 Å². The molecule has 0 radical (unpaired) electrons. The highest BCUT2D eigenvalue weighted by atomic mass is 19.2. The van der Waals surface area contributed by atoms with Crippen LogP contribution in [0, 0.1) is 17.5 Å². The largest absolute Gasteiger partial charge is 0.369 e. The van der Waals surface area contributed by atoms with Gasteiger partial charge >= 0.3 is 0 Å². The van der Waals surface area contributed by atoms with Crippen LogP contribution in [-0.4, -0.2) is 35.3 Å². The van der Waals surface area contributed by atoms with Crippen molar-refractivity contribution in [2.45, 2.75) is 56.5 Å². The molecule has 1 aromatic rings. The maximum atomic E-state index is 14.8. The van der Waals surface area contributed by atoms with Crippen LogP contribution in [0.1, 0.15) is 49.1 Å². The summed E-state index contributed by atoms with van der Waals surface area (Å²) >= 11 is 0. The predicted octanol–water partition coefficient (Wildman–Crippen LogP) is 1.72. The van der Waals surface area contributed by atoms with Gasteiger partial charge in [0.1, 0.15) is 5.82 Å². The lowest BCUT2D eigenvalue weighted by atomic mass is 9.83. The maximum Gasteiger partial charge on any atom is 0.224 e. The molecule has 2 fully saturated rings. The van der Waals surface area contributed by atoms with Gasteiger partial charge < -0.3 is 16.4 Å². The van der Waals surface area contributed by atoms with Crippen LogP contribution in [0.2, 0.25) is 0 Å². The molecule has 2 aliphatic heterocycles. The van der Waals surface area contributed by atoms with Crippen molar-refractivity contribution in [3.05, 3.63) is 34.6 Å². The minimum absolute atomic E-state index is 0.0481. The SMILES string of the molecule is NCCC(=O)N1C2CC[C@@H]1CC(c1c(F)c(F)cc(CC(N)=O)c1F)C2. The van der Waals surface area contributed by atoms with Crippen LogP contribution < -0.4 is 11.5 Å². The highest BCUT2D eigenvalue weighted by Gasteiger charge is 2.44. The van der Waals surface area contributed by atoms with Crippen molar-refractivity contribution in [1.82, 2.24) is 4.90 Å². The van der Waals surface area contributed by atoms with Gasteiger partial charge in [0, 0.05) is 36.2 Å². The Kier molecular flexibility index (Phi) is 5.22. The number of nitrogens with two attached hydrogens (primary N) is 2. The summed E-state index contributed by atoms with van der Waals surface area (Å²) in [6, 6.07) is 0.437. The topological polar surface area (TPSA) is 89.4 Å². The summed E-state index contributed by atoms with van der Waals surface area (Å²) in [5.41, 5.74) is 9.96. The molecule has 2 heterocycles. The predicted molar refractivity (Wildman–Crippen MR) is 88.5 cm³/mol. The van der Waals surface area contributed by atoms with Gasteiger partial charge in [0.2, 0.25) is 11.8 Å². The van der Waals surface area contributed by atoms with E-state index in [0.717, 1.165) is 12.8 Å². The third kappa shape index (κ3) is 3.30. The van der Waals surface area contributed by atoms with Gasteiger partial charge in [0.15, 0.2) is 11.6 Å². The van der Waals surface area contributed by atoms with E-state index in [9.17, 15) is 22.8 Å². The van der Waals surface area contributed by atoms with Crippen LogP contribution in [0.3, 0.4) is 0 Å². The highest BCUT2D eigenvalue weighted by Crippen LogP contribution is 2.45. The maximum absolute atomic E-state index is 14.8. The van der Waals surface area contributed by atoms with Gasteiger partial charge in [0.05, 0.1) is 6.42 Å². The average Bonchev–Trinajstić information content (AvgIpc) is 2.83. The molecule has 0 saturated carbocycles. The monoisotopic (exact) mass is 369 g/mol. The van der Waals surface area contributed by atoms with Gasteiger partial charge in [0.25, 0.3) is 0 Å². The van der Waals surface area contributed by atoms with E-state index in [4.69, 9.17) is 11.5 Å². The third-order valence-electron chi connectivity index (χ3n) is 5.42. The molecule has 2 unspecified atom stereocenters. The summed E-state index contributed by atoms with van der Waals surface area (Å²) in [6.45, 7) is 0.252. The minimum Gasteiger partial charge on any atom is -0.369 e. The molecule has 2 aliphatic rings. The van der Waals surface area contributed by atoms with Crippen LogP contribution in [0.15, 0.2) is 6.07 Å². The van der Waals surface area contributed by atoms with Crippen LogP contribution in [0.4, 0.5) is 13.2 Å². The molecular weight excluding hydrogens is 347 g/mol. The second-order valence-corrected chi connectivity index (χ2v) is 7.10. The summed E-state index contributed by atoms with van der Waals surface area (Å²) in [7, 11) is 0. The van der Waals surface area contributed by atoms with Crippen LogP contribution >= 0.6 is 0 Å². The smallest absolute Gasteiger partial charge is 0.224 e. The molecule has 8 heteroatoms. The number of primary amides is 1. The quantitative estimate of drug-likeness (QED) is 0.775. The van der Waals surface area contributed by atoms with E-state index >= 15 is 0 Å². The second kappa shape index (κ2) is 7.26. The lowest BCUT2D eigenvalue weighted by Crippen LogP contribution is -2.46. The molecule has 5 nitrogen and oxygen atoms in total. The number of nitrogens with zero attached hydrogens (tertiary/aromatic N) is 1. The van der Waals surface area contributed by atoms with E-state index in [1.807, 2.05) is 0 Å². The first-order valence-corrected chi connectivity index (χ1v) is 8.79. The number of piperidine rings is 1. The van der Waals surface area contributed by atoms with Crippen molar-refractivity contribution < 1.29 is 22.8 Å². The zero-order valence-corrected chi connectivity index (χ0v) is 14.3. The fourth-order valence-corrected chi connectivity index (χ4v) is 4.42. The van der Waals surface area contributed by atoms with Gasteiger partial charge in [-0.2, -0.15) is 0 Å². The van der Waals surface area contributed by atoms with Crippen LogP contribution in [0.25, 0.3) is 0 Å². The normalized spacial score (nSPS) is 24.8. The highest BCUT2D eigenvalue weighted by molar-refractivity contribution is 5.78. The average molecular weight is 369 g/mol. The Morgan fingerprint density at radius 1 is 1.12 bits per heavy atom. The number of hydrogen-bond donors (Lipinski definition) is 2. The van der Waals surface area contributed by atoms with Crippen LogP contribution in [-0.2, 0) is 16.0 Å². The molecule has 2 bridgehead atoms. The Balaban J connectivity index is 1.91. The molecule has 2 amide bonds. The number of hydrogen-bond acceptors (Lipinski definition) is 3. The number of carbonyl (C=O) groups excluding carboxylic acids is 2. The lowest BCUT2D eigenvalue weighted by molar-refractivity contribution is -0.135. The Morgan fingerprint density at radius 3 is 2.27 bits per heavy atom. The summed E-state index contributed by atoms with van der Waals surface area (Å²) in [5, 5.41) is 0. The van der Waals surface area contributed by atoms with E-state index in [2.05, 4.69) is 0 Å². The third-order valence-corrected chi connectivity index (χ3v) is 5.42. The first-order chi connectivity index (χ1) is 12.3. The fourth-order valence-electron chi connectivity index (χ4n) is 4.42. The zero-order chi connectivity index (χ0) is 19.0. The number of carbonyl (C=O) groups is 2. The molecule has 0 spiro atoms. The molecule has 3 atom stereocenters. The summed E-state index contributed by atoms with van der Waals surface area (Å²) in [4.78, 5) is 25.1. The number of halogens is 3. The zero-order valence-electron chi connectivity index (χ0n) is 14.3. The van der Waals surface area contributed by atoms with Crippen molar-refractivity contribution in [3.8, 4) is 0 Å². The summed E-state index contributed by atoms with van der Waals surface area (Å²) < 4.78 is 43.2.